The molecule has 8 heteroatoms. The Morgan fingerprint density at radius 2 is 1.94 bits per heavy atom. The lowest BCUT2D eigenvalue weighted by Crippen LogP contribution is -2.26. The fourth-order valence-electron chi connectivity index (χ4n) is 3.42. The molecule has 1 atom stereocenters. The molecule has 1 heterocycles. The van der Waals surface area contributed by atoms with Crippen molar-refractivity contribution in [2.24, 2.45) is 0 Å². The number of fused-ring (bicyclic) bond motifs is 1. The van der Waals surface area contributed by atoms with E-state index in [0.717, 1.165) is 16.5 Å². The van der Waals surface area contributed by atoms with Crippen molar-refractivity contribution in [3.63, 3.8) is 0 Å². The lowest BCUT2D eigenvalue weighted by Gasteiger charge is -2.19. The molecule has 7 nitrogen and oxygen atoms in total. The summed E-state index contributed by atoms with van der Waals surface area (Å²) in [7, 11) is 1.61. The molecule has 1 N–H and O–H groups in total. The van der Waals surface area contributed by atoms with E-state index in [1.165, 1.54) is 0 Å². The molecule has 0 bridgehead atoms. The van der Waals surface area contributed by atoms with Crippen LogP contribution in [0.25, 0.3) is 10.9 Å². The Balaban J connectivity index is 1.93. The molecule has 33 heavy (non-hydrogen) atoms. The number of aliphatic carboxylic acids is 1. The van der Waals surface area contributed by atoms with Gasteiger partial charge in [0.05, 0.1) is 24.3 Å². The Bertz CT molecular complexity index is 1120. The molecule has 0 radical (unpaired) electrons. The Morgan fingerprint density at radius 1 is 1.15 bits per heavy atom. The van der Waals surface area contributed by atoms with Crippen molar-refractivity contribution in [1.82, 2.24) is 4.98 Å². The van der Waals surface area contributed by atoms with Gasteiger partial charge in [0.1, 0.15) is 23.9 Å². The summed E-state index contributed by atoms with van der Waals surface area (Å²) in [5.41, 5.74) is 2.18. The second-order valence-electron chi connectivity index (χ2n) is 7.69. The van der Waals surface area contributed by atoms with E-state index in [2.05, 4.69) is 4.98 Å². The SMILES string of the molecule is CCOC(Cc1cc(Cl)ccc1OCc1cnc2ccc(OC)cc2c1OC(C)C)C(=O)O. The zero-order valence-electron chi connectivity index (χ0n) is 19.1. The van der Waals surface area contributed by atoms with Crippen LogP contribution in [0.5, 0.6) is 17.2 Å². The van der Waals surface area contributed by atoms with Crippen molar-refractivity contribution in [2.45, 2.75) is 46.0 Å². The first kappa shape index (κ1) is 24.6. The van der Waals surface area contributed by atoms with Gasteiger partial charge in [-0.05, 0) is 62.7 Å². The number of methoxy groups -OCH3 is 1. The van der Waals surface area contributed by atoms with Crippen LogP contribution in [0.15, 0.2) is 42.6 Å². The summed E-state index contributed by atoms with van der Waals surface area (Å²) >= 11 is 6.16. The normalized spacial score (nSPS) is 12.1. The van der Waals surface area contributed by atoms with E-state index in [0.29, 0.717) is 27.8 Å². The minimum Gasteiger partial charge on any atom is -0.497 e. The summed E-state index contributed by atoms with van der Waals surface area (Å²) in [5.74, 6) is 0.850. The summed E-state index contributed by atoms with van der Waals surface area (Å²) in [5, 5.41) is 10.8. The zero-order chi connectivity index (χ0) is 24.0. The van der Waals surface area contributed by atoms with Crippen LogP contribution in [0.1, 0.15) is 31.9 Å². The number of benzene rings is 2. The number of carbonyl (C=O) groups is 1. The molecule has 1 unspecified atom stereocenters. The van der Waals surface area contributed by atoms with Crippen molar-refractivity contribution in [1.29, 1.82) is 0 Å². The van der Waals surface area contributed by atoms with E-state index in [1.807, 2.05) is 32.0 Å². The van der Waals surface area contributed by atoms with Crippen LogP contribution in [0.3, 0.4) is 0 Å². The molecule has 3 aromatic rings. The largest absolute Gasteiger partial charge is 0.497 e. The van der Waals surface area contributed by atoms with Gasteiger partial charge in [-0.2, -0.15) is 0 Å². The van der Waals surface area contributed by atoms with E-state index in [-0.39, 0.29) is 25.7 Å². The standard InChI is InChI=1S/C25H28ClNO6/c1-5-31-23(25(28)29)11-16-10-18(26)6-9-22(16)32-14-17-13-27-21-8-7-19(30-4)12-20(21)24(17)33-15(2)3/h6-10,12-13,15,23H,5,11,14H2,1-4H3,(H,28,29). The number of hydrogen-bond donors (Lipinski definition) is 1. The van der Waals surface area contributed by atoms with Crippen molar-refractivity contribution in [2.75, 3.05) is 13.7 Å². The van der Waals surface area contributed by atoms with Gasteiger partial charge in [-0.1, -0.05) is 11.6 Å². The number of halogens is 1. The van der Waals surface area contributed by atoms with Gasteiger partial charge in [0, 0.05) is 29.6 Å². The fraction of sp³-hybridized carbons (Fsp3) is 0.360. The van der Waals surface area contributed by atoms with Crippen molar-refractivity contribution < 1.29 is 28.8 Å². The lowest BCUT2D eigenvalue weighted by molar-refractivity contribution is -0.149. The van der Waals surface area contributed by atoms with Gasteiger partial charge in [-0.15, -0.1) is 0 Å². The number of rotatable bonds is 11. The van der Waals surface area contributed by atoms with Crippen LogP contribution in [-0.4, -0.2) is 42.0 Å². The molecule has 0 spiro atoms. The molecule has 0 aliphatic carbocycles. The average Bonchev–Trinajstić information content (AvgIpc) is 2.78. The highest BCUT2D eigenvalue weighted by Crippen LogP contribution is 2.33. The Labute approximate surface area is 198 Å². The lowest BCUT2D eigenvalue weighted by atomic mass is 10.1. The van der Waals surface area contributed by atoms with Crippen LogP contribution in [-0.2, 0) is 22.6 Å². The van der Waals surface area contributed by atoms with Gasteiger partial charge in [0.15, 0.2) is 6.10 Å². The third-order valence-electron chi connectivity index (χ3n) is 4.91. The molecule has 0 aliphatic heterocycles. The van der Waals surface area contributed by atoms with E-state index in [4.69, 9.17) is 30.5 Å². The van der Waals surface area contributed by atoms with E-state index < -0.39 is 12.1 Å². The maximum absolute atomic E-state index is 11.6. The fourth-order valence-corrected chi connectivity index (χ4v) is 3.61. The third kappa shape index (κ3) is 6.27. The predicted octanol–water partition coefficient (Wildman–Crippen LogP) is 5.30. The van der Waals surface area contributed by atoms with Crippen molar-refractivity contribution in [3.05, 3.63) is 58.7 Å². The monoisotopic (exact) mass is 473 g/mol. The Kier molecular flexibility index (Phi) is 8.36. The van der Waals surface area contributed by atoms with Crippen LogP contribution >= 0.6 is 11.6 Å². The summed E-state index contributed by atoms with van der Waals surface area (Å²) in [6, 6.07) is 10.7. The first-order chi connectivity index (χ1) is 15.8. The number of aromatic nitrogens is 1. The zero-order valence-corrected chi connectivity index (χ0v) is 19.9. The van der Waals surface area contributed by atoms with Crippen molar-refractivity contribution >= 4 is 28.5 Å². The first-order valence-corrected chi connectivity index (χ1v) is 11.1. The van der Waals surface area contributed by atoms with Crippen LogP contribution in [0, 0.1) is 0 Å². The van der Waals surface area contributed by atoms with Crippen LogP contribution in [0.2, 0.25) is 5.02 Å². The molecule has 1 aromatic heterocycles. The Hall–Kier alpha value is -3.03. The van der Waals surface area contributed by atoms with Gasteiger partial charge in [-0.3, -0.25) is 4.98 Å². The number of ether oxygens (including phenoxy) is 4. The second-order valence-corrected chi connectivity index (χ2v) is 8.13. The number of pyridine rings is 1. The highest BCUT2D eigenvalue weighted by atomic mass is 35.5. The minimum absolute atomic E-state index is 0.0610. The highest BCUT2D eigenvalue weighted by Gasteiger charge is 2.21. The van der Waals surface area contributed by atoms with Crippen molar-refractivity contribution in [3.8, 4) is 17.2 Å². The third-order valence-corrected chi connectivity index (χ3v) is 5.14. The number of nitrogens with zero attached hydrogens (tertiary/aromatic N) is 1. The topological polar surface area (TPSA) is 87.1 Å². The molecule has 0 fully saturated rings. The Morgan fingerprint density at radius 3 is 2.61 bits per heavy atom. The summed E-state index contributed by atoms with van der Waals surface area (Å²) in [6.45, 7) is 6.12. The number of carboxylic acid groups (broad SMARTS) is 1. The van der Waals surface area contributed by atoms with Crippen LogP contribution < -0.4 is 14.2 Å². The molecule has 0 saturated heterocycles. The summed E-state index contributed by atoms with van der Waals surface area (Å²) < 4.78 is 23.0. The maximum atomic E-state index is 11.6. The van der Waals surface area contributed by atoms with E-state index >= 15 is 0 Å². The highest BCUT2D eigenvalue weighted by molar-refractivity contribution is 6.30. The summed E-state index contributed by atoms with van der Waals surface area (Å²) in [6.07, 6.45) is 0.795. The van der Waals surface area contributed by atoms with Gasteiger partial charge in [0.2, 0.25) is 0 Å². The molecular weight excluding hydrogens is 446 g/mol. The molecule has 0 saturated carbocycles. The minimum atomic E-state index is -1.04. The molecular formula is C25H28ClNO6. The molecule has 3 rings (SSSR count). The predicted molar refractivity (Wildman–Crippen MR) is 127 cm³/mol. The second kappa shape index (κ2) is 11.2. The molecule has 2 aromatic carbocycles. The molecule has 0 aliphatic rings. The molecule has 176 valence electrons. The van der Waals surface area contributed by atoms with Crippen LogP contribution in [0.4, 0.5) is 0 Å². The van der Waals surface area contributed by atoms with Gasteiger partial charge < -0.3 is 24.1 Å². The van der Waals surface area contributed by atoms with E-state index in [9.17, 15) is 9.90 Å². The smallest absolute Gasteiger partial charge is 0.333 e. The number of carboxylic acids is 1. The number of hydrogen-bond acceptors (Lipinski definition) is 6. The first-order valence-electron chi connectivity index (χ1n) is 10.7. The molecule has 0 amide bonds. The summed E-state index contributed by atoms with van der Waals surface area (Å²) in [4.78, 5) is 16.1. The quantitative estimate of drug-likeness (QED) is 0.404. The van der Waals surface area contributed by atoms with E-state index in [1.54, 1.807) is 38.4 Å². The van der Waals surface area contributed by atoms with Gasteiger partial charge in [-0.25, -0.2) is 4.79 Å². The average molecular weight is 474 g/mol. The maximum Gasteiger partial charge on any atom is 0.333 e. The van der Waals surface area contributed by atoms with Gasteiger partial charge >= 0.3 is 5.97 Å². The van der Waals surface area contributed by atoms with Gasteiger partial charge in [0.25, 0.3) is 0 Å².